The second kappa shape index (κ2) is 11.0. The maximum atomic E-state index is 11.0. The van der Waals surface area contributed by atoms with Gasteiger partial charge in [0.1, 0.15) is 49.0 Å². The minimum absolute atomic E-state index is 0.0337. The van der Waals surface area contributed by atoms with Crippen LogP contribution < -0.4 is 9.47 Å². The van der Waals surface area contributed by atoms with Gasteiger partial charge < -0.3 is 54.7 Å². The molecule has 0 aromatic heterocycles. The Morgan fingerprint density at radius 2 is 1.70 bits per heavy atom. The summed E-state index contributed by atoms with van der Waals surface area (Å²) >= 11 is 0. The Morgan fingerprint density at radius 3 is 2.30 bits per heavy atom. The number of aldehydes is 1. The van der Waals surface area contributed by atoms with Gasteiger partial charge in [0.05, 0.1) is 19.8 Å². The summed E-state index contributed by atoms with van der Waals surface area (Å²) in [6.07, 6.45) is -12.5. The van der Waals surface area contributed by atoms with Gasteiger partial charge in [0.25, 0.3) is 0 Å². The number of carbonyl (C=O) groups excluding carboxylic acids is 1. The van der Waals surface area contributed by atoms with Crippen molar-refractivity contribution in [3.05, 3.63) is 23.8 Å². The first-order valence-electron chi connectivity index (χ1n) is 10.5. The zero-order valence-corrected chi connectivity index (χ0v) is 17.9. The van der Waals surface area contributed by atoms with Gasteiger partial charge in [-0.1, -0.05) is 0 Å². The Hall–Kier alpha value is -1.87. The summed E-state index contributed by atoms with van der Waals surface area (Å²) in [4.78, 5) is 11.0. The topological polar surface area (TPSA) is 196 Å². The fourth-order valence-corrected chi connectivity index (χ4v) is 4.07. The van der Waals surface area contributed by atoms with E-state index in [0.717, 1.165) is 0 Å². The van der Waals surface area contributed by atoms with Crippen molar-refractivity contribution in [1.82, 2.24) is 0 Å². The van der Waals surface area contributed by atoms with Crippen molar-refractivity contribution in [3.63, 3.8) is 0 Å². The highest BCUT2D eigenvalue weighted by Gasteiger charge is 2.50. The van der Waals surface area contributed by atoms with Crippen molar-refractivity contribution >= 4 is 6.29 Å². The molecule has 0 radical (unpaired) electrons. The lowest BCUT2D eigenvalue weighted by Crippen LogP contribution is -2.63. The highest BCUT2D eigenvalue weighted by Crippen LogP contribution is 2.36. The highest BCUT2D eigenvalue weighted by molar-refractivity contribution is 5.76. The molecule has 33 heavy (non-hydrogen) atoms. The van der Waals surface area contributed by atoms with Gasteiger partial charge in [-0.15, -0.1) is 0 Å². The fraction of sp³-hybridized carbons (Fsp3) is 0.667. The third-order valence-electron chi connectivity index (χ3n) is 6.05. The van der Waals surface area contributed by atoms with Crippen LogP contribution in [0.15, 0.2) is 18.2 Å². The molecule has 1 aromatic carbocycles. The summed E-state index contributed by atoms with van der Waals surface area (Å²) in [6.45, 7) is -1.15. The number of hydrogen-bond donors (Lipinski definition) is 7. The summed E-state index contributed by atoms with van der Waals surface area (Å²) in [6, 6.07) is 4.40. The van der Waals surface area contributed by atoms with Crippen LogP contribution in [0.3, 0.4) is 0 Å². The van der Waals surface area contributed by atoms with Crippen molar-refractivity contribution in [1.29, 1.82) is 0 Å². The van der Waals surface area contributed by atoms with Gasteiger partial charge in [-0.3, -0.25) is 4.79 Å². The third kappa shape index (κ3) is 5.29. The van der Waals surface area contributed by atoms with E-state index in [2.05, 4.69) is 0 Å². The summed E-state index contributed by atoms with van der Waals surface area (Å²) in [5.74, 6) is -0.356. The van der Waals surface area contributed by atoms with E-state index in [9.17, 15) is 40.5 Å². The number of hydrogen-bond acceptors (Lipinski definition) is 12. The van der Waals surface area contributed by atoms with E-state index in [1.165, 1.54) is 25.3 Å². The van der Waals surface area contributed by atoms with Crippen LogP contribution in [0, 0.1) is 5.92 Å². The van der Waals surface area contributed by atoms with Crippen LogP contribution in [0.4, 0.5) is 0 Å². The summed E-state index contributed by atoms with van der Waals surface area (Å²) in [5.41, 5.74) is 0.343. The molecule has 10 atom stereocenters. The van der Waals surface area contributed by atoms with Crippen LogP contribution in [0.5, 0.6) is 11.5 Å². The molecule has 1 aliphatic heterocycles. The van der Waals surface area contributed by atoms with Gasteiger partial charge in [0, 0.05) is 18.1 Å². The highest BCUT2D eigenvalue weighted by atomic mass is 16.7. The van der Waals surface area contributed by atoms with E-state index in [4.69, 9.17) is 18.9 Å². The Labute approximate surface area is 189 Å². The average molecular weight is 474 g/mol. The molecule has 0 spiro atoms. The molecule has 2 aliphatic rings. The van der Waals surface area contributed by atoms with Gasteiger partial charge in [0.15, 0.2) is 17.8 Å². The average Bonchev–Trinajstić information content (AvgIpc) is 2.83. The lowest BCUT2D eigenvalue weighted by molar-refractivity contribution is -0.332. The quantitative estimate of drug-likeness (QED) is 0.191. The molecule has 3 rings (SSSR count). The first kappa shape index (κ1) is 25.7. The van der Waals surface area contributed by atoms with Crippen LogP contribution in [0.25, 0.3) is 0 Å². The Morgan fingerprint density at radius 1 is 0.970 bits per heavy atom. The molecule has 7 N–H and O–H groups in total. The molecule has 1 heterocycles. The largest absolute Gasteiger partial charge is 0.493 e. The van der Waals surface area contributed by atoms with Crippen molar-refractivity contribution < 1.29 is 59.5 Å². The zero-order valence-electron chi connectivity index (χ0n) is 17.9. The molecule has 186 valence electrons. The molecule has 0 unspecified atom stereocenters. The molecule has 0 amide bonds. The molecule has 1 saturated heterocycles. The molecule has 2 fully saturated rings. The standard InChI is InChI=1S/C21H30O12/c1-30-12-4-9(6-22)2-3-11(12)31-13-5-10(7-23)15(25)20(17(13)27)33-21-19(29)18(28)16(26)14(8-24)32-21/h2-4,6,10,13-21,23-29H,5,7-8H2,1H3/t10-,13-,14-,15-,16-,17+,18+,19-,20+,21+/m1/s1. The minimum Gasteiger partial charge on any atom is -0.493 e. The number of benzene rings is 1. The van der Waals surface area contributed by atoms with Crippen molar-refractivity contribution in [2.45, 2.75) is 61.5 Å². The van der Waals surface area contributed by atoms with E-state index in [1.807, 2.05) is 0 Å². The summed E-state index contributed by atoms with van der Waals surface area (Å²) in [5, 5.41) is 70.8. The summed E-state index contributed by atoms with van der Waals surface area (Å²) in [7, 11) is 1.37. The Kier molecular flexibility index (Phi) is 8.61. The van der Waals surface area contributed by atoms with Gasteiger partial charge in [-0.2, -0.15) is 0 Å². The molecule has 0 bridgehead atoms. The lowest BCUT2D eigenvalue weighted by atomic mass is 9.81. The van der Waals surface area contributed by atoms with Crippen LogP contribution >= 0.6 is 0 Å². The van der Waals surface area contributed by atoms with Crippen LogP contribution in [-0.2, 0) is 9.47 Å². The van der Waals surface area contributed by atoms with Gasteiger partial charge in [-0.05, 0) is 24.6 Å². The van der Waals surface area contributed by atoms with Gasteiger partial charge in [-0.25, -0.2) is 0 Å². The van der Waals surface area contributed by atoms with Crippen molar-refractivity contribution in [3.8, 4) is 11.5 Å². The summed E-state index contributed by atoms with van der Waals surface area (Å²) < 4.78 is 22.0. The fourth-order valence-electron chi connectivity index (χ4n) is 4.07. The van der Waals surface area contributed by atoms with E-state index >= 15 is 0 Å². The van der Waals surface area contributed by atoms with E-state index < -0.39 is 74.3 Å². The van der Waals surface area contributed by atoms with Crippen molar-refractivity contribution in [2.75, 3.05) is 20.3 Å². The number of aliphatic hydroxyl groups excluding tert-OH is 7. The monoisotopic (exact) mass is 474 g/mol. The zero-order chi connectivity index (χ0) is 24.3. The molecular weight excluding hydrogens is 444 g/mol. The van der Waals surface area contributed by atoms with Gasteiger partial charge >= 0.3 is 0 Å². The maximum absolute atomic E-state index is 11.0. The Balaban J connectivity index is 1.81. The predicted octanol–water partition coefficient (Wildman–Crippen LogP) is -2.83. The van der Waals surface area contributed by atoms with Crippen LogP contribution in [0.1, 0.15) is 16.8 Å². The second-order valence-electron chi connectivity index (χ2n) is 8.14. The smallest absolute Gasteiger partial charge is 0.187 e. The molecule has 1 saturated carbocycles. The first-order valence-corrected chi connectivity index (χ1v) is 10.5. The second-order valence-corrected chi connectivity index (χ2v) is 8.14. The molecule has 1 aliphatic carbocycles. The minimum atomic E-state index is -1.74. The van der Waals surface area contributed by atoms with Crippen molar-refractivity contribution in [2.24, 2.45) is 5.92 Å². The third-order valence-corrected chi connectivity index (χ3v) is 6.05. The van der Waals surface area contributed by atoms with E-state index in [1.54, 1.807) is 0 Å². The number of carbonyl (C=O) groups is 1. The molecule has 12 nitrogen and oxygen atoms in total. The lowest BCUT2D eigenvalue weighted by Gasteiger charge is -2.46. The van der Waals surface area contributed by atoms with E-state index in [0.29, 0.717) is 11.8 Å². The number of ether oxygens (including phenoxy) is 4. The number of aliphatic hydroxyl groups is 7. The number of rotatable bonds is 8. The van der Waals surface area contributed by atoms with Crippen LogP contribution in [0.2, 0.25) is 0 Å². The molecule has 12 heteroatoms. The SMILES string of the molecule is COc1cc(C=O)ccc1O[C@@H]1C[C@H](CO)[C@@H](O)[C@H](O[C@@H]2O[C@H](CO)[C@@H](O)[C@H](O)[C@H]2O)[C@H]1O. The molecule has 1 aromatic rings. The normalized spacial score (nSPS) is 39.2. The van der Waals surface area contributed by atoms with Gasteiger partial charge in [0.2, 0.25) is 0 Å². The number of methoxy groups -OCH3 is 1. The first-order chi connectivity index (χ1) is 15.7. The van der Waals surface area contributed by atoms with E-state index in [-0.39, 0.29) is 17.9 Å². The predicted molar refractivity (Wildman–Crippen MR) is 109 cm³/mol. The maximum Gasteiger partial charge on any atom is 0.187 e. The van der Waals surface area contributed by atoms with Crippen LogP contribution in [-0.4, -0.2) is 117 Å². The Bertz CT molecular complexity index is 789. The molecular formula is C21H30O12.